The summed E-state index contributed by atoms with van der Waals surface area (Å²) in [4.78, 5) is 13.9. The van der Waals surface area contributed by atoms with Crippen LogP contribution in [0.2, 0.25) is 0 Å². The molecule has 0 aliphatic carbocycles. The molecule has 1 atom stereocenters. The number of nitrogens with one attached hydrogen (secondary N) is 2. The lowest BCUT2D eigenvalue weighted by Crippen LogP contribution is -2.20. The molecule has 1 unspecified atom stereocenters. The summed E-state index contributed by atoms with van der Waals surface area (Å²) in [6.07, 6.45) is 0. The number of hydrogen-bond donors (Lipinski definition) is 2. The molecule has 0 saturated heterocycles. The largest absolute Gasteiger partial charge is 0.361 e. The number of rotatable bonds is 4. The van der Waals surface area contributed by atoms with Crippen molar-refractivity contribution in [2.24, 2.45) is 0 Å². The number of carbonyl (C=O) groups is 1. The molecule has 0 saturated carbocycles. The Balaban J connectivity index is 2.05. The Hall–Kier alpha value is -1.95. The molecule has 0 bridgehead atoms. The van der Waals surface area contributed by atoms with E-state index in [1.165, 1.54) is 9.75 Å². The van der Waals surface area contributed by atoms with Crippen LogP contribution in [0.1, 0.15) is 33.2 Å². The SMILES string of the molecule is CNC(=O)c1ccc(NC(C)c2ccc(C)s2)nn1. The van der Waals surface area contributed by atoms with Gasteiger partial charge in [-0.05, 0) is 38.1 Å². The zero-order chi connectivity index (χ0) is 13.8. The van der Waals surface area contributed by atoms with Crippen LogP contribution in [-0.4, -0.2) is 23.2 Å². The lowest BCUT2D eigenvalue weighted by molar-refractivity contribution is 0.0957. The molecule has 100 valence electrons. The van der Waals surface area contributed by atoms with Gasteiger partial charge in [0.25, 0.3) is 5.91 Å². The predicted molar refractivity (Wildman–Crippen MR) is 76.5 cm³/mol. The Morgan fingerprint density at radius 2 is 2.05 bits per heavy atom. The molecule has 5 nitrogen and oxygen atoms in total. The van der Waals surface area contributed by atoms with Gasteiger partial charge in [0, 0.05) is 16.8 Å². The number of hydrogen-bond acceptors (Lipinski definition) is 5. The zero-order valence-corrected chi connectivity index (χ0v) is 11.9. The van der Waals surface area contributed by atoms with E-state index < -0.39 is 0 Å². The smallest absolute Gasteiger partial charge is 0.271 e. The Morgan fingerprint density at radius 1 is 1.26 bits per heavy atom. The Labute approximate surface area is 116 Å². The molecule has 0 aliphatic rings. The first kappa shape index (κ1) is 13.5. The van der Waals surface area contributed by atoms with Gasteiger partial charge in [0.15, 0.2) is 5.69 Å². The van der Waals surface area contributed by atoms with Crippen molar-refractivity contribution in [1.29, 1.82) is 0 Å². The highest BCUT2D eigenvalue weighted by Crippen LogP contribution is 2.24. The number of aryl methyl sites for hydroxylation is 1. The average Bonchev–Trinajstić information content (AvgIpc) is 2.85. The van der Waals surface area contributed by atoms with Crippen LogP contribution in [0.3, 0.4) is 0 Å². The molecule has 0 fully saturated rings. The number of carbonyl (C=O) groups excluding carboxylic acids is 1. The highest BCUT2D eigenvalue weighted by Gasteiger charge is 2.10. The third kappa shape index (κ3) is 3.29. The normalized spacial score (nSPS) is 11.9. The molecule has 0 radical (unpaired) electrons. The van der Waals surface area contributed by atoms with E-state index in [1.54, 1.807) is 30.5 Å². The molecule has 6 heteroatoms. The maximum absolute atomic E-state index is 11.3. The average molecular weight is 276 g/mol. The number of aromatic nitrogens is 2. The van der Waals surface area contributed by atoms with E-state index in [2.05, 4.69) is 46.8 Å². The van der Waals surface area contributed by atoms with Crippen LogP contribution >= 0.6 is 11.3 Å². The number of thiophene rings is 1. The molecule has 2 rings (SSSR count). The second-order valence-electron chi connectivity index (χ2n) is 4.20. The van der Waals surface area contributed by atoms with Crippen LogP contribution in [0.4, 0.5) is 5.82 Å². The van der Waals surface area contributed by atoms with Crippen LogP contribution in [0.15, 0.2) is 24.3 Å². The van der Waals surface area contributed by atoms with Crippen LogP contribution in [0, 0.1) is 6.92 Å². The van der Waals surface area contributed by atoms with Gasteiger partial charge in [-0.2, -0.15) is 0 Å². The molecule has 2 aromatic heterocycles. The predicted octanol–water partition coefficient (Wildman–Crippen LogP) is 2.38. The molecule has 0 aromatic carbocycles. The summed E-state index contributed by atoms with van der Waals surface area (Å²) >= 11 is 1.75. The van der Waals surface area contributed by atoms with Crippen LogP contribution < -0.4 is 10.6 Å². The van der Waals surface area contributed by atoms with Gasteiger partial charge in [-0.25, -0.2) is 0 Å². The van der Waals surface area contributed by atoms with E-state index in [-0.39, 0.29) is 11.9 Å². The van der Waals surface area contributed by atoms with Gasteiger partial charge in [0.05, 0.1) is 6.04 Å². The van der Waals surface area contributed by atoms with Gasteiger partial charge >= 0.3 is 0 Å². The summed E-state index contributed by atoms with van der Waals surface area (Å²) in [5.74, 6) is 0.423. The molecule has 2 heterocycles. The van der Waals surface area contributed by atoms with E-state index in [0.717, 1.165) is 0 Å². The minimum Gasteiger partial charge on any atom is -0.361 e. The standard InChI is InChI=1S/C13H16N4OS/c1-8-4-6-11(19-8)9(2)15-12-7-5-10(16-17-12)13(18)14-3/h4-7,9H,1-3H3,(H,14,18)(H,15,17). The second-order valence-corrected chi connectivity index (χ2v) is 5.52. The van der Waals surface area contributed by atoms with Gasteiger partial charge < -0.3 is 10.6 Å². The summed E-state index contributed by atoms with van der Waals surface area (Å²) in [5.41, 5.74) is 0.313. The van der Waals surface area contributed by atoms with Crippen LogP contribution in [0.5, 0.6) is 0 Å². The maximum atomic E-state index is 11.3. The van der Waals surface area contributed by atoms with Crippen LogP contribution in [0.25, 0.3) is 0 Å². The fourth-order valence-corrected chi connectivity index (χ4v) is 2.52. The number of anilines is 1. The lowest BCUT2D eigenvalue weighted by atomic mass is 10.2. The summed E-state index contributed by atoms with van der Waals surface area (Å²) in [6, 6.07) is 7.77. The zero-order valence-electron chi connectivity index (χ0n) is 11.1. The van der Waals surface area contributed by atoms with Gasteiger partial charge in [0.1, 0.15) is 5.82 Å². The summed E-state index contributed by atoms with van der Waals surface area (Å²) < 4.78 is 0. The minimum atomic E-state index is -0.235. The summed E-state index contributed by atoms with van der Waals surface area (Å²) in [5, 5.41) is 13.7. The Kier molecular flexibility index (Phi) is 4.11. The van der Waals surface area contributed by atoms with Gasteiger partial charge in [-0.1, -0.05) is 0 Å². The Bertz CT molecular complexity index is 564. The fourth-order valence-electron chi connectivity index (χ4n) is 1.64. The van der Waals surface area contributed by atoms with E-state index in [4.69, 9.17) is 0 Å². The van der Waals surface area contributed by atoms with Crippen molar-refractivity contribution >= 4 is 23.1 Å². The quantitative estimate of drug-likeness (QED) is 0.899. The monoisotopic (exact) mass is 276 g/mol. The Morgan fingerprint density at radius 3 is 2.58 bits per heavy atom. The highest BCUT2D eigenvalue weighted by atomic mass is 32.1. The van der Waals surface area contributed by atoms with Crippen molar-refractivity contribution < 1.29 is 4.79 Å². The fraction of sp³-hybridized carbons (Fsp3) is 0.308. The highest BCUT2D eigenvalue weighted by molar-refractivity contribution is 7.12. The molecule has 1 amide bonds. The molecule has 0 aliphatic heterocycles. The third-order valence-corrected chi connectivity index (χ3v) is 3.86. The minimum absolute atomic E-state index is 0.166. The summed E-state index contributed by atoms with van der Waals surface area (Å²) in [6.45, 7) is 4.15. The van der Waals surface area contributed by atoms with Gasteiger partial charge in [-0.3, -0.25) is 4.79 Å². The van der Waals surface area contributed by atoms with Crippen molar-refractivity contribution in [3.8, 4) is 0 Å². The van der Waals surface area contributed by atoms with E-state index in [0.29, 0.717) is 11.5 Å². The van der Waals surface area contributed by atoms with E-state index >= 15 is 0 Å². The first-order valence-corrected chi connectivity index (χ1v) is 6.80. The molecular formula is C13H16N4OS. The van der Waals surface area contributed by atoms with Crippen molar-refractivity contribution in [1.82, 2.24) is 15.5 Å². The second kappa shape index (κ2) is 5.79. The molecule has 2 aromatic rings. The maximum Gasteiger partial charge on any atom is 0.271 e. The van der Waals surface area contributed by atoms with Crippen molar-refractivity contribution in [3.05, 3.63) is 39.7 Å². The first-order valence-electron chi connectivity index (χ1n) is 5.99. The summed E-state index contributed by atoms with van der Waals surface area (Å²) in [7, 11) is 1.57. The van der Waals surface area contributed by atoms with Crippen LogP contribution in [-0.2, 0) is 0 Å². The number of amides is 1. The number of nitrogens with zero attached hydrogens (tertiary/aromatic N) is 2. The lowest BCUT2D eigenvalue weighted by Gasteiger charge is -2.12. The van der Waals surface area contributed by atoms with E-state index in [1.807, 2.05) is 0 Å². The van der Waals surface area contributed by atoms with Crippen molar-refractivity contribution in [2.75, 3.05) is 12.4 Å². The van der Waals surface area contributed by atoms with Crippen molar-refractivity contribution in [3.63, 3.8) is 0 Å². The topological polar surface area (TPSA) is 66.9 Å². The van der Waals surface area contributed by atoms with Gasteiger partial charge in [-0.15, -0.1) is 21.5 Å². The first-order chi connectivity index (χ1) is 9.10. The molecule has 2 N–H and O–H groups in total. The van der Waals surface area contributed by atoms with Gasteiger partial charge in [0.2, 0.25) is 0 Å². The van der Waals surface area contributed by atoms with Crippen molar-refractivity contribution in [2.45, 2.75) is 19.9 Å². The molecular weight excluding hydrogens is 260 g/mol. The molecule has 19 heavy (non-hydrogen) atoms. The molecule has 0 spiro atoms. The van der Waals surface area contributed by atoms with E-state index in [9.17, 15) is 4.79 Å². The third-order valence-electron chi connectivity index (χ3n) is 2.68.